The summed E-state index contributed by atoms with van der Waals surface area (Å²) in [5, 5.41) is 0. The maximum absolute atomic E-state index is 12.0. The molecule has 0 aromatic carbocycles. The zero-order valence-electron chi connectivity index (χ0n) is 16.5. The molecule has 140 valence electrons. The van der Waals surface area contributed by atoms with Crippen molar-refractivity contribution in [2.75, 3.05) is 6.61 Å². The van der Waals surface area contributed by atoms with Gasteiger partial charge in [0.25, 0.3) is 0 Å². The quantitative estimate of drug-likeness (QED) is 0.578. The van der Waals surface area contributed by atoms with Crippen LogP contribution < -0.4 is 0 Å². The van der Waals surface area contributed by atoms with Crippen molar-refractivity contribution < 1.29 is 14.1 Å². The Hall–Kier alpha value is -1.03. The summed E-state index contributed by atoms with van der Waals surface area (Å²) in [5.74, 6) is 3.85. The molecule has 1 aliphatic heterocycles. The summed E-state index contributed by atoms with van der Waals surface area (Å²) in [6.45, 7) is 7.64. The van der Waals surface area contributed by atoms with Gasteiger partial charge in [-0.15, -0.1) is 0 Å². The van der Waals surface area contributed by atoms with Gasteiger partial charge in [-0.2, -0.15) is 0 Å². The van der Waals surface area contributed by atoms with Gasteiger partial charge >= 0.3 is 7.12 Å². The number of hydrogen-bond acceptors (Lipinski definition) is 3. The Balaban J connectivity index is 1.47. The number of carbonyl (C=O) groups is 1. The first-order valence-corrected chi connectivity index (χ1v) is 10.7. The van der Waals surface area contributed by atoms with Gasteiger partial charge in [-0.1, -0.05) is 19.4 Å². The fourth-order valence-electron chi connectivity index (χ4n) is 7.45. The Morgan fingerprint density at radius 1 is 1.04 bits per heavy atom. The first-order valence-electron chi connectivity index (χ1n) is 10.7. The van der Waals surface area contributed by atoms with Gasteiger partial charge in [-0.3, -0.25) is 4.79 Å². The van der Waals surface area contributed by atoms with Gasteiger partial charge in [-0.25, -0.2) is 0 Å². The fourth-order valence-corrected chi connectivity index (χ4v) is 7.45. The Morgan fingerprint density at radius 2 is 1.85 bits per heavy atom. The van der Waals surface area contributed by atoms with Crippen molar-refractivity contribution in [2.45, 2.75) is 72.0 Å². The number of carbonyl (C=O) groups excluding carboxylic acids is 1. The maximum Gasteiger partial charge on any atom is 0.522 e. The average molecular weight is 354 g/mol. The van der Waals surface area contributed by atoms with Crippen LogP contribution in [-0.2, 0) is 14.1 Å². The van der Waals surface area contributed by atoms with E-state index < -0.39 is 0 Å². The van der Waals surface area contributed by atoms with Crippen molar-refractivity contribution in [1.82, 2.24) is 0 Å². The van der Waals surface area contributed by atoms with Crippen molar-refractivity contribution in [3.63, 3.8) is 0 Å². The van der Waals surface area contributed by atoms with E-state index in [2.05, 4.69) is 13.8 Å². The highest BCUT2D eigenvalue weighted by Crippen LogP contribution is 2.66. The Labute approximate surface area is 157 Å². The third kappa shape index (κ3) is 2.27. The molecule has 3 saturated carbocycles. The molecule has 5 rings (SSSR count). The minimum atomic E-state index is -0.0856. The Kier molecular flexibility index (Phi) is 3.77. The lowest BCUT2D eigenvalue weighted by molar-refractivity contribution is -0.117. The Morgan fingerprint density at radius 3 is 2.62 bits per heavy atom. The Bertz CT molecular complexity index is 710. The predicted molar refractivity (Wildman–Crippen MR) is 102 cm³/mol. The van der Waals surface area contributed by atoms with Crippen molar-refractivity contribution in [3.05, 3.63) is 23.0 Å². The highest BCUT2D eigenvalue weighted by atomic mass is 16.6. The van der Waals surface area contributed by atoms with E-state index in [1.54, 1.807) is 5.57 Å². The molecule has 0 radical (unpaired) electrons. The van der Waals surface area contributed by atoms with Gasteiger partial charge in [0.1, 0.15) is 5.76 Å². The maximum atomic E-state index is 12.0. The van der Waals surface area contributed by atoms with Crippen LogP contribution in [-0.4, -0.2) is 19.5 Å². The standard InChI is InChI=1S/C22H31BO3/c1-21-10-8-15(24)12-14(21)4-5-16-17-6-7-19(20-13-25-23(3)26-20)22(17,2)11-9-18(16)21/h12,16-18H,4-11,13H2,1-3H3/t16-,17-,18-,21-,22-/m0/s1. The lowest BCUT2D eigenvalue weighted by atomic mass is 9.47. The van der Waals surface area contributed by atoms with Crippen molar-refractivity contribution in [3.8, 4) is 0 Å². The number of ketones is 1. The highest BCUT2D eigenvalue weighted by molar-refractivity contribution is 6.43. The van der Waals surface area contributed by atoms with Gasteiger partial charge in [0.2, 0.25) is 0 Å². The summed E-state index contributed by atoms with van der Waals surface area (Å²) in [4.78, 5) is 12.0. The van der Waals surface area contributed by atoms with E-state index in [-0.39, 0.29) is 12.5 Å². The molecule has 0 bridgehead atoms. The molecule has 0 amide bonds. The van der Waals surface area contributed by atoms with E-state index in [1.807, 2.05) is 12.9 Å². The molecule has 0 aromatic rings. The van der Waals surface area contributed by atoms with E-state index in [4.69, 9.17) is 9.31 Å². The molecule has 26 heavy (non-hydrogen) atoms. The van der Waals surface area contributed by atoms with Crippen LogP contribution in [0, 0.1) is 28.6 Å². The molecular weight excluding hydrogens is 323 g/mol. The second-order valence-electron chi connectivity index (χ2n) is 9.86. The van der Waals surface area contributed by atoms with Crippen LogP contribution in [0.5, 0.6) is 0 Å². The van der Waals surface area contributed by atoms with E-state index >= 15 is 0 Å². The predicted octanol–water partition coefficient (Wildman–Crippen LogP) is 4.94. The zero-order valence-corrected chi connectivity index (χ0v) is 16.5. The molecule has 0 spiro atoms. The van der Waals surface area contributed by atoms with E-state index in [0.29, 0.717) is 17.8 Å². The molecule has 4 heteroatoms. The lowest BCUT2D eigenvalue weighted by Gasteiger charge is -2.57. The number of hydrogen-bond donors (Lipinski definition) is 0. The molecule has 0 unspecified atom stereocenters. The number of rotatable bonds is 0. The van der Waals surface area contributed by atoms with Crippen LogP contribution in [0.2, 0.25) is 6.82 Å². The van der Waals surface area contributed by atoms with Crippen molar-refractivity contribution in [2.24, 2.45) is 28.6 Å². The van der Waals surface area contributed by atoms with E-state index in [9.17, 15) is 4.79 Å². The minimum Gasteiger partial charge on any atom is -0.538 e. The van der Waals surface area contributed by atoms with Gasteiger partial charge in [0.15, 0.2) is 5.78 Å². The topological polar surface area (TPSA) is 35.5 Å². The molecule has 0 N–H and O–H groups in total. The molecular formula is C22H31BO3. The molecule has 1 heterocycles. The fraction of sp³-hybridized carbons (Fsp3) is 0.773. The number of fused-ring (bicyclic) bond motifs is 5. The van der Waals surface area contributed by atoms with Gasteiger partial charge in [-0.05, 0) is 92.0 Å². The summed E-state index contributed by atoms with van der Waals surface area (Å²) in [7, 11) is -0.0856. The first-order chi connectivity index (χ1) is 12.4. The van der Waals surface area contributed by atoms with E-state index in [1.165, 1.54) is 37.7 Å². The summed E-state index contributed by atoms with van der Waals surface area (Å²) >= 11 is 0. The average Bonchev–Trinajstić information content (AvgIpc) is 3.18. The zero-order chi connectivity index (χ0) is 18.1. The summed E-state index contributed by atoms with van der Waals surface area (Å²) in [6.07, 6.45) is 11.3. The molecule has 5 atom stereocenters. The molecule has 0 aromatic heterocycles. The molecule has 3 nitrogen and oxygen atoms in total. The van der Waals surface area contributed by atoms with Crippen molar-refractivity contribution >= 4 is 12.9 Å². The molecule has 5 aliphatic rings. The SMILES string of the molecule is CB1OCC(=C2CC[C@H]3[C@@H]4CCC5=CC(=O)CC[C@]5(C)[C@H]4CC[C@]23C)O1. The van der Waals surface area contributed by atoms with Crippen LogP contribution in [0.3, 0.4) is 0 Å². The van der Waals surface area contributed by atoms with Crippen LogP contribution >= 0.6 is 0 Å². The van der Waals surface area contributed by atoms with Gasteiger partial charge < -0.3 is 9.31 Å². The van der Waals surface area contributed by atoms with Crippen LogP contribution in [0.25, 0.3) is 0 Å². The normalized spacial score (nSPS) is 47.8. The van der Waals surface area contributed by atoms with Crippen LogP contribution in [0.15, 0.2) is 23.0 Å². The summed E-state index contributed by atoms with van der Waals surface area (Å²) in [5.41, 5.74) is 3.61. The number of allylic oxidation sites excluding steroid dienone is 2. The van der Waals surface area contributed by atoms with Gasteiger partial charge in [0.05, 0.1) is 6.61 Å². The highest BCUT2D eigenvalue weighted by Gasteiger charge is 2.58. The van der Waals surface area contributed by atoms with E-state index in [0.717, 1.165) is 42.8 Å². The van der Waals surface area contributed by atoms with Crippen LogP contribution in [0.4, 0.5) is 0 Å². The monoisotopic (exact) mass is 354 g/mol. The largest absolute Gasteiger partial charge is 0.538 e. The third-order valence-electron chi connectivity index (χ3n) is 8.84. The third-order valence-corrected chi connectivity index (χ3v) is 8.84. The molecule has 4 fully saturated rings. The summed E-state index contributed by atoms with van der Waals surface area (Å²) in [6, 6.07) is 0. The lowest BCUT2D eigenvalue weighted by Crippen LogP contribution is -2.49. The molecule has 4 aliphatic carbocycles. The molecule has 1 saturated heterocycles. The summed E-state index contributed by atoms with van der Waals surface area (Å²) < 4.78 is 11.7. The smallest absolute Gasteiger partial charge is 0.522 e. The second kappa shape index (κ2) is 5.74. The van der Waals surface area contributed by atoms with Crippen LogP contribution in [0.1, 0.15) is 65.2 Å². The van der Waals surface area contributed by atoms with Gasteiger partial charge in [0, 0.05) is 6.42 Å². The minimum absolute atomic E-state index is 0.0856. The van der Waals surface area contributed by atoms with Crippen molar-refractivity contribution in [1.29, 1.82) is 0 Å². The first kappa shape index (κ1) is 17.1. The second-order valence-corrected chi connectivity index (χ2v) is 9.86.